The van der Waals surface area contributed by atoms with Gasteiger partial charge in [-0.3, -0.25) is 14.4 Å². The van der Waals surface area contributed by atoms with Gasteiger partial charge in [0.15, 0.2) is 0 Å². The van der Waals surface area contributed by atoms with Crippen molar-refractivity contribution in [2.75, 3.05) is 5.32 Å². The van der Waals surface area contributed by atoms with Gasteiger partial charge in [0.05, 0.1) is 17.2 Å². The number of carbonyl (C=O) groups is 2. The lowest BCUT2D eigenvalue weighted by Gasteiger charge is -2.26. The van der Waals surface area contributed by atoms with E-state index in [0.29, 0.717) is 30.5 Å². The van der Waals surface area contributed by atoms with Gasteiger partial charge in [-0.25, -0.2) is 4.98 Å². The lowest BCUT2D eigenvalue weighted by molar-refractivity contribution is -0.137. The van der Waals surface area contributed by atoms with Gasteiger partial charge in [0.25, 0.3) is 17.4 Å². The van der Waals surface area contributed by atoms with E-state index in [1.165, 1.54) is 36.5 Å². The second kappa shape index (κ2) is 9.00. The molecule has 0 saturated heterocycles. The van der Waals surface area contributed by atoms with Gasteiger partial charge in [-0.05, 0) is 61.2 Å². The molecule has 0 saturated carbocycles. The van der Waals surface area contributed by atoms with Gasteiger partial charge in [-0.2, -0.15) is 13.2 Å². The topological polar surface area (TPSA) is 130 Å². The molecule has 1 aromatic carbocycles. The van der Waals surface area contributed by atoms with Crippen molar-refractivity contribution in [3.63, 3.8) is 0 Å². The van der Waals surface area contributed by atoms with Gasteiger partial charge < -0.3 is 21.4 Å². The number of H-pyrrole nitrogens is 1. The van der Waals surface area contributed by atoms with Crippen molar-refractivity contribution in [1.82, 2.24) is 15.3 Å². The van der Waals surface area contributed by atoms with E-state index < -0.39 is 35.2 Å². The van der Waals surface area contributed by atoms with E-state index in [9.17, 15) is 27.6 Å². The Bertz CT molecular complexity index is 1320. The Hall–Kier alpha value is -4.15. The lowest BCUT2D eigenvalue weighted by Crippen LogP contribution is -2.34. The van der Waals surface area contributed by atoms with Gasteiger partial charge in [-0.1, -0.05) is 6.07 Å². The Labute approximate surface area is 191 Å². The molecule has 1 atom stereocenters. The molecule has 8 nitrogen and oxygen atoms in total. The van der Waals surface area contributed by atoms with E-state index in [4.69, 9.17) is 5.73 Å². The highest BCUT2D eigenvalue weighted by atomic mass is 19.4. The third kappa shape index (κ3) is 4.77. The Morgan fingerprint density at radius 3 is 2.65 bits per heavy atom. The summed E-state index contributed by atoms with van der Waals surface area (Å²) in [6, 6.07) is 8.47. The van der Waals surface area contributed by atoms with Gasteiger partial charge in [0.2, 0.25) is 0 Å². The van der Waals surface area contributed by atoms with Gasteiger partial charge in [0.1, 0.15) is 11.4 Å². The first-order valence-electron chi connectivity index (χ1n) is 10.4. The van der Waals surface area contributed by atoms with E-state index >= 15 is 0 Å². The van der Waals surface area contributed by atoms with Crippen LogP contribution in [0.5, 0.6) is 0 Å². The number of amides is 2. The molecule has 2 amide bonds. The van der Waals surface area contributed by atoms with Crippen LogP contribution in [0.25, 0.3) is 0 Å². The standard InChI is InChI=1S/C23H20F3N5O3/c24-23(25,26)12-4-1-5-13(10-12)29-20-14(6-3-9-28-20)21(33)30-17-7-2-8-18-15(17)11-16(19(27)32)22(34)31-18/h1,3-6,9-11,17H,2,7-8H2,(H2,27,32)(H,28,29)(H,30,33)(H,31,34). The smallest absolute Gasteiger partial charge is 0.365 e. The average Bonchev–Trinajstić information content (AvgIpc) is 2.78. The summed E-state index contributed by atoms with van der Waals surface area (Å²) < 4.78 is 39.1. The van der Waals surface area contributed by atoms with Crippen LogP contribution in [-0.2, 0) is 12.6 Å². The fourth-order valence-electron chi connectivity index (χ4n) is 3.91. The van der Waals surface area contributed by atoms with Crippen LogP contribution in [0.1, 0.15) is 56.4 Å². The molecule has 1 aliphatic rings. The molecule has 2 aromatic heterocycles. The van der Waals surface area contributed by atoms with Gasteiger partial charge in [-0.15, -0.1) is 0 Å². The maximum atomic E-state index is 13.1. The third-order valence-corrected chi connectivity index (χ3v) is 5.53. The molecular formula is C23H20F3N5O3. The fraction of sp³-hybridized carbons (Fsp3) is 0.217. The molecule has 1 aliphatic carbocycles. The molecule has 4 rings (SSSR count). The van der Waals surface area contributed by atoms with E-state index in [2.05, 4.69) is 20.6 Å². The molecule has 0 radical (unpaired) electrons. The molecular weight excluding hydrogens is 451 g/mol. The van der Waals surface area contributed by atoms with Gasteiger partial charge in [0, 0.05) is 17.6 Å². The summed E-state index contributed by atoms with van der Waals surface area (Å²) in [4.78, 5) is 43.5. The van der Waals surface area contributed by atoms with E-state index in [1.807, 2.05) is 0 Å². The van der Waals surface area contributed by atoms with Crippen LogP contribution < -0.4 is 21.9 Å². The summed E-state index contributed by atoms with van der Waals surface area (Å²) >= 11 is 0. The second-order valence-corrected chi connectivity index (χ2v) is 7.83. The highest BCUT2D eigenvalue weighted by Crippen LogP contribution is 2.32. The Balaban J connectivity index is 1.60. The molecule has 1 unspecified atom stereocenters. The summed E-state index contributed by atoms with van der Waals surface area (Å²) in [6.45, 7) is 0. The molecule has 5 N–H and O–H groups in total. The number of aromatic amines is 1. The summed E-state index contributed by atoms with van der Waals surface area (Å²) in [7, 11) is 0. The number of benzene rings is 1. The summed E-state index contributed by atoms with van der Waals surface area (Å²) in [5.74, 6) is -1.32. The van der Waals surface area contributed by atoms with Crippen LogP contribution in [0, 0.1) is 0 Å². The zero-order valence-corrected chi connectivity index (χ0v) is 17.7. The van der Waals surface area contributed by atoms with Crippen LogP contribution in [0.15, 0.2) is 53.5 Å². The van der Waals surface area contributed by atoms with Crippen molar-refractivity contribution >= 4 is 23.3 Å². The Morgan fingerprint density at radius 1 is 1.12 bits per heavy atom. The molecule has 3 aromatic rings. The number of carbonyl (C=O) groups excluding carboxylic acids is 2. The normalized spacial score (nSPS) is 15.3. The molecule has 0 bridgehead atoms. The predicted molar refractivity (Wildman–Crippen MR) is 118 cm³/mol. The molecule has 0 aliphatic heterocycles. The number of pyridine rings is 2. The largest absolute Gasteiger partial charge is 0.416 e. The maximum absolute atomic E-state index is 13.1. The number of nitrogens with one attached hydrogen (secondary N) is 3. The Morgan fingerprint density at radius 2 is 1.91 bits per heavy atom. The van der Waals surface area contributed by atoms with Crippen molar-refractivity contribution in [2.24, 2.45) is 5.73 Å². The van der Waals surface area contributed by atoms with Crippen molar-refractivity contribution < 1.29 is 22.8 Å². The number of anilines is 2. The molecule has 176 valence electrons. The lowest BCUT2D eigenvalue weighted by atomic mass is 9.90. The number of fused-ring (bicyclic) bond motifs is 1. The van der Waals surface area contributed by atoms with E-state index in [0.717, 1.165) is 12.1 Å². The first-order valence-corrected chi connectivity index (χ1v) is 10.4. The zero-order valence-electron chi connectivity index (χ0n) is 17.7. The van der Waals surface area contributed by atoms with Crippen molar-refractivity contribution in [2.45, 2.75) is 31.5 Å². The highest BCUT2D eigenvalue weighted by Gasteiger charge is 2.30. The monoisotopic (exact) mass is 471 g/mol. The third-order valence-electron chi connectivity index (χ3n) is 5.53. The van der Waals surface area contributed by atoms with Crippen molar-refractivity contribution in [3.8, 4) is 0 Å². The minimum Gasteiger partial charge on any atom is -0.365 e. The van der Waals surface area contributed by atoms with Crippen molar-refractivity contribution in [1.29, 1.82) is 0 Å². The number of primary amides is 1. The molecule has 11 heteroatoms. The number of aromatic nitrogens is 2. The highest BCUT2D eigenvalue weighted by molar-refractivity contribution is 5.99. The summed E-state index contributed by atoms with van der Waals surface area (Å²) in [5.41, 5.74) is 5.10. The molecule has 34 heavy (non-hydrogen) atoms. The number of alkyl halides is 3. The molecule has 0 fully saturated rings. The fourth-order valence-corrected chi connectivity index (χ4v) is 3.91. The first-order chi connectivity index (χ1) is 16.1. The number of rotatable bonds is 5. The van der Waals surface area contributed by atoms with Crippen LogP contribution in [0.3, 0.4) is 0 Å². The van der Waals surface area contributed by atoms with Crippen LogP contribution in [0.2, 0.25) is 0 Å². The van der Waals surface area contributed by atoms with Crippen molar-refractivity contribution in [3.05, 3.63) is 87.0 Å². The quantitative estimate of drug-likeness (QED) is 0.453. The Kier molecular flexibility index (Phi) is 6.10. The molecule has 2 heterocycles. The summed E-state index contributed by atoms with van der Waals surface area (Å²) in [5, 5.41) is 5.64. The van der Waals surface area contributed by atoms with E-state index in [1.54, 1.807) is 0 Å². The number of nitrogens with two attached hydrogens (primary N) is 1. The summed E-state index contributed by atoms with van der Waals surface area (Å²) in [6.07, 6.45) is -1.29. The van der Waals surface area contributed by atoms with Crippen LogP contribution >= 0.6 is 0 Å². The number of halogens is 3. The molecule has 0 spiro atoms. The van der Waals surface area contributed by atoms with Gasteiger partial charge >= 0.3 is 6.18 Å². The minimum absolute atomic E-state index is 0.0784. The number of aryl methyl sites for hydroxylation is 1. The first kappa shape index (κ1) is 23.0. The van der Waals surface area contributed by atoms with Crippen LogP contribution in [0.4, 0.5) is 24.7 Å². The predicted octanol–water partition coefficient (Wildman–Crippen LogP) is 3.44. The number of nitrogens with zero attached hydrogens (tertiary/aromatic N) is 1. The van der Waals surface area contributed by atoms with Crippen LogP contribution in [-0.4, -0.2) is 21.8 Å². The van der Waals surface area contributed by atoms with E-state index in [-0.39, 0.29) is 22.6 Å². The number of hydrogen-bond acceptors (Lipinski definition) is 5. The average molecular weight is 471 g/mol. The maximum Gasteiger partial charge on any atom is 0.416 e. The second-order valence-electron chi connectivity index (χ2n) is 7.83. The zero-order chi connectivity index (χ0) is 24.5. The minimum atomic E-state index is -4.51. The SMILES string of the molecule is NC(=O)c1cc2c([nH]c1=O)CCCC2NC(=O)c1cccnc1Nc1cccc(C(F)(F)F)c1. The number of hydrogen-bond donors (Lipinski definition) is 4.